The average Bonchev–Trinajstić information content (AvgIpc) is 2.44. The Bertz CT molecular complexity index is 307. The fraction of sp³-hybridized carbons (Fsp3) is 0.857. The molecular formula is C14H28ClN3O2. The third-order valence-electron chi connectivity index (χ3n) is 4.06. The summed E-state index contributed by atoms with van der Waals surface area (Å²) in [5, 5.41) is 5.91. The topological polar surface area (TPSA) is 61.4 Å². The van der Waals surface area contributed by atoms with Crippen LogP contribution in [0.4, 0.5) is 0 Å². The minimum atomic E-state index is -0.0222. The molecule has 2 N–H and O–H groups in total. The first kappa shape index (κ1) is 19.2. The molecule has 1 saturated heterocycles. The SMILES string of the molecule is CNC(=O)CCN(C)C(=O)CC(C)C1CCNCC1.Cl. The van der Waals surface area contributed by atoms with Crippen molar-refractivity contribution in [3.63, 3.8) is 0 Å². The van der Waals surface area contributed by atoms with Crippen LogP contribution in [0.1, 0.15) is 32.6 Å². The molecule has 0 bridgehead atoms. The number of hydrogen-bond donors (Lipinski definition) is 2. The maximum atomic E-state index is 12.1. The van der Waals surface area contributed by atoms with Gasteiger partial charge in [0.25, 0.3) is 0 Å². The van der Waals surface area contributed by atoms with Gasteiger partial charge in [0.2, 0.25) is 11.8 Å². The number of carbonyl (C=O) groups is 2. The largest absolute Gasteiger partial charge is 0.359 e. The highest BCUT2D eigenvalue weighted by molar-refractivity contribution is 5.85. The standard InChI is InChI=1S/C14H27N3O2.ClH/c1-11(12-4-7-16-8-5-12)10-14(19)17(3)9-6-13(18)15-2;/h11-12,16H,4-10H2,1-3H3,(H,15,18);1H. The first-order chi connectivity index (χ1) is 9.04. The van der Waals surface area contributed by atoms with Crippen molar-refractivity contribution in [3.05, 3.63) is 0 Å². The quantitative estimate of drug-likeness (QED) is 0.770. The molecule has 5 nitrogen and oxygen atoms in total. The summed E-state index contributed by atoms with van der Waals surface area (Å²) in [6.07, 6.45) is 3.29. The first-order valence-electron chi connectivity index (χ1n) is 7.19. The Morgan fingerprint density at radius 2 is 1.95 bits per heavy atom. The molecule has 1 fully saturated rings. The Labute approximate surface area is 128 Å². The van der Waals surface area contributed by atoms with Crippen molar-refractivity contribution in [2.24, 2.45) is 11.8 Å². The van der Waals surface area contributed by atoms with Gasteiger partial charge in [0.15, 0.2) is 0 Å². The van der Waals surface area contributed by atoms with Gasteiger partial charge in [0.1, 0.15) is 0 Å². The number of nitrogens with one attached hydrogen (secondary N) is 2. The van der Waals surface area contributed by atoms with E-state index in [1.54, 1.807) is 19.0 Å². The highest BCUT2D eigenvalue weighted by atomic mass is 35.5. The number of hydrogen-bond acceptors (Lipinski definition) is 3. The second-order valence-electron chi connectivity index (χ2n) is 5.51. The molecule has 1 heterocycles. The number of carbonyl (C=O) groups excluding carboxylic acids is 2. The normalized spacial score (nSPS) is 16.9. The van der Waals surface area contributed by atoms with E-state index >= 15 is 0 Å². The van der Waals surface area contributed by atoms with E-state index in [9.17, 15) is 9.59 Å². The number of nitrogens with zero attached hydrogens (tertiary/aromatic N) is 1. The van der Waals surface area contributed by atoms with Crippen LogP contribution < -0.4 is 10.6 Å². The third-order valence-corrected chi connectivity index (χ3v) is 4.06. The minimum absolute atomic E-state index is 0. The van der Waals surface area contributed by atoms with Gasteiger partial charge in [-0.3, -0.25) is 9.59 Å². The Morgan fingerprint density at radius 1 is 1.35 bits per heavy atom. The van der Waals surface area contributed by atoms with Gasteiger partial charge in [-0.05, 0) is 37.8 Å². The molecule has 0 aromatic carbocycles. The zero-order valence-corrected chi connectivity index (χ0v) is 13.6. The molecular weight excluding hydrogens is 278 g/mol. The van der Waals surface area contributed by atoms with E-state index in [1.165, 1.54) is 0 Å². The van der Waals surface area contributed by atoms with E-state index in [0.717, 1.165) is 25.9 Å². The minimum Gasteiger partial charge on any atom is -0.359 e. The summed E-state index contributed by atoms with van der Waals surface area (Å²) in [4.78, 5) is 24.9. The van der Waals surface area contributed by atoms with Gasteiger partial charge in [0.05, 0.1) is 0 Å². The van der Waals surface area contributed by atoms with Crippen molar-refractivity contribution in [1.29, 1.82) is 0 Å². The lowest BCUT2D eigenvalue weighted by Gasteiger charge is -2.29. The van der Waals surface area contributed by atoms with Crippen LogP contribution in [0.3, 0.4) is 0 Å². The molecule has 0 radical (unpaired) electrons. The number of amides is 2. The Morgan fingerprint density at radius 3 is 2.50 bits per heavy atom. The van der Waals surface area contributed by atoms with E-state index in [2.05, 4.69) is 17.6 Å². The van der Waals surface area contributed by atoms with Crippen LogP contribution >= 0.6 is 12.4 Å². The van der Waals surface area contributed by atoms with Crippen LogP contribution in [0.15, 0.2) is 0 Å². The van der Waals surface area contributed by atoms with Crippen LogP contribution in [0.2, 0.25) is 0 Å². The van der Waals surface area contributed by atoms with Gasteiger partial charge in [-0.25, -0.2) is 0 Å². The van der Waals surface area contributed by atoms with E-state index in [-0.39, 0.29) is 24.2 Å². The van der Waals surface area contributed by atoms with Gasteiger partial charge < -0.3 is 15.5 Å². The second-order valence-corrected chi connectivity index (χ2v) is 5.51. The summed E-state index contributed by atoms with van der Waals surface area (Å²) in [6.45, 7) is 4.79. The fourth-order valence-electron chi connectivity index (χ4n) is 2.53. The molecule has 1 atom stereocenters. The Balaban J connectivity index is 0.00000361. The smallest absolute Gasteiger partial charge is 0.222 e. The van der Waals surface area contributed by atoms with E-state index in [4.69, 9.17) is 0 Å². The molecule has 1 aliphatic rings. The van der Waals surface area contributed by atoms with Gasteiger partial charge in [-0.1, -0.05) is 6.92 Å². The average molecular weight is 306 g/mol. The van der Waals surface area contributed by atoms with Gasteiger partial charge in [0, 0.05) is 33.5 Å². The molecule has 1 rings (SSSR count). The summed E-state index contributed by atoms with van der Waals surface area (Å²) in [5.74, 6) is 1.20. The molecule has 0 spiro atoms. The molecule has 0 aromatic heterocycles. The molecule has 6 heteroatoms. The van der Waals surface area contributed by atoms with Crippen molar-refractivity contribution in [2.45, 2.75) is 32.6 Å². The Hall–Kier alpha value is -0.810. The van der Waals surface area contributed by atoms with Gasteiger partial charge >= 0.3 is 0 Å². The highest BCUT2D eigenvalue weighted by Crippen LogP contribution is 2.24. The van der Waals surface area contributed by atoms with Gasteiger partial charge in [-0.15, -0.1) is 12.4 Å². The van der Waals surface area contributed by atoms with Crippen LogP contribution in [-0.2, 0) is 9.59 Å². The zero-order chi connectivity index (χ0) is 14.3. The van der Waals surface area contributed by atoms with Gasteiger partial charge in [-0.2, -0.15) is 0 Å². The maximum Gasteiger partial charge on any atom is 0.222 e. The van der Waals surface area contributed by atoms with Crippen molar-refractivity contribution in [3.8, 4) is 0 Å². The molecule has 2 amide bonds. The van der Waals surface area contributed by atoms with Crippen LogP contribution in [0.25, 0.3) is 0 Å². The van der Waals surface area contributed by atoms with Crippen LogP contribution in [-0.4, -0.2) is 50.4 Å². The van der Waals surface area contributed by atoms with E-state index in [0.29, 0.717) is 31.2 Å². The number of rotatable bonds is 6. The highest BCUT2D eigenvalue weighted by Gasteiger charge is 2.23. The van der Waals surface area contributed by atoms with Crippen molar-refractivity contribution in [2.75, 3.05) is 33.7 Å². The summed E-state index contributed by atoms with van der Waals surface area (Å²) in [6, 6.07) is 0. The first-order valence-corrected chi connectivity index (χ1v) is 7.19. The molecule has 0 aliphatic carbocycles. The lowest BCUT2D eigenvalue weighted by Crippen LogP contribution is -2.35. The summed E-state index contributed by atoms with van der Waals surface area (Å²) in [5.41, 5.74) is 0. The van der Waals surface area contributed by atoms with Crippen molar-refractivity contribution < 1.29 is 9.59 Å². The Kier molecular flexibility index (Phi) is 9.59. The van der Waals surface area contributed by atoms with Crippen molar-refractivity contribution >= 4 is 24.2 Å². The molecule has 1 unspecified atom stereocenters. The molecule has 0 saturated carbocycles. The van der Waals surface area contributed by atoms with E-state index in [1.807, 2.05) is 0 Å². The molecule has 20 heavy (non-hydrogen) atoms. The maximum absolute atomic E-state index is 12.1. The van der Waals surface area contributed by atoms with Crippen molar-refractivity contribution in [1.82, 2.24) is 15.5 Å². The summed E-state index contributed by atoms with van der Waals surface area (Å²) >= 11 is 0. The predicted octanol–water partition coefficient (Wildman–Crippen LogP) is 1.03. The lowest BCUT2D eigenvalue weighted by molar-refractivity contribution is -0.131. The summed E-state index contributed by atoms with van der Waals surface area (Å²) in [7, 11) is 3.39. The van der Waals surface area contributed by atoms with Crippen LogP contribution in [0, 0.1) is 11.8 Å². The van der Waals surface area contributed by atoms with Crippen LogP contribution in [0.5, 0.6) is 0 Å². The second kappa shape index (κ2) is 10.00. The third kappa shape index (κ3) is 6.57. The molecule has 118 valence electrons. The lowest BCUT2D eigenvalue weighted by atomic mass is 9.84. The fourth-order valence-corrected chi connectivity index (χ4v) is 2.53. The zero-order valence-electron chi connectivity index (χ0n) is 12.8. The predicted molar refractivity (Wildman–Crippen MR) is 82.9 cm³/mol. The summed E-state index contributed by atoms with van der Waals surface area (Å²) < 4.78 is 0. The monoisotopic (exact) mass is 305 g/mol. The molecule has 1 aliphatic heterocycles. The number of halogens is 1. The molecule has 0 aromatic rings. The van der Waals surface area contributed by atoms with E-state index < -0.39 is 0 Å². The number of piperidine rings is 1.